The minimum atomic E-state index is 0.323. The van der Waals surface area contributed by atoms with Crippen molar-refractivity contribution in [1.82, 2.24) is 15.0 Å². The van der Waals surface area contributed by atoms with Crippen molar-refractivity contribution in [3.8, 4) is 6.07 Å². The van der Waals surface area contributed by atoms with Crippen molar-refractivity contribution in [3.63, 3.8) is 0 Å². The number of nitrogens with zero attached hydrogens (tertiary/aromatic N) is 4. The Bertz CT molecular complexity index is 489. The Morgan fingerprint density at radius 2 is 2.07 bits per heavy atom. The van der Waals surface area contributed by atoms with Gasteiger partial charge in [0.1, 0.15) is 29.7 Å². The van der Waals surface area contributed by atoms with Crippen molar-refractivity contribution in [1.29, 1.82) is 5.26 Å². The minimum Gasteiger partial charge on any atom is -0.325 e. The Morgan fingerprint density at radius 3 is 2.80 bits per heavy atom. The van der Waals surface area contributed by atoms with Gasteiger partial charge in [0.25, 0.3) is 0 Å². The normalized spacial score (nSPS) is 9.27. The second-order valence-electron chi connectivity index (χ2n) is 2.74. The molecule has 0 spiro atoms. The zero-order chi connectivity index (χ0) is 10.5. The molecule has 0 saturated carbocycles. The molecule has 1 N–H and O–H groups in total. The lowest BCUT2D eigenvalue weighted by Gasteiger charge is -2.02. The van der Waals surface area contributed by atoms with E-state index in [0.717, 1.165) is 0 Å². The van der Waals surface area contributed by atoms with Gasteiger partial charge in [0.2, 0.25) is 0 Å². The molecule has 0 radical (unpaired) electrons. The maximum atomic E-state index is 8.64. The fraction of sp³-hybridized carbons (Fsp3) is 0. The summed E-state index contributed by atoms with van der Waals surface area (Å²) in [6, 6.07) is 9.01. The maximum Gasteiger partial charge on any atom is 0.145 e. The predicted octanol–water partition coefficient (Wildman–Crippen LogP) is 1.49. The molecule has 0 aliphatic rings. The van der Waals surface area contributed by atoms with Crippen molar-refractivity contribution < 1.29 is 0 Å². The molecule has 72 valence electrons. The Balaban J connectivity index is 2.22. The van der Waals surface area contributed by atoms with Crippen LogP contribution in [0.15, 0.2) is 36.8 Å². The maximum absolute atomic E-state index is 8.64. The lowest BCUT2D eigenvalue weighted by molar-refractivity contribution is 1.13. The average molecular weight is 197 g/mol. The zero-order valence-corrected chi connectivity index (χ0v) is 7.75. The number of anilines is 2. The molecule has 2 rings (SSSR count). The van der Waals surface area contributed by atoms with E-state index in [9.17, 15) is 0 Å². The molecule has 0 bridgehead atoms. The SMILES string of the molecule is N#Cc1cc(Nc2ccccn2)ncn1. The van der Waals surface area contributed by atoms with Crippen LogP contribution >= 0.6 is 0 Å². The van der Waals surface area contributed by atoms with Crippen LogP contribution in [0.5, 0.6) is 0 Å². The molecule has 0 saturated heterocycles. The van der Waals surface area contributed by atoms with Gasteiger partial charge in [-0.1, -0.05) is 6.07 Å². The number of hydrogen-bond acceptors (Lipinski definition) is 5. The van der Waals surface area contributed by atoms with Crippen LogP contribution in [-0.2, 0) is 0 Å². The zero-order valence-electron chi connectivity index (χ0n) is 7.75. The van der Waals surface area contributed by atoms with E-state index < -0.39 is 0 Å². The molecule has 15 heavy (non-hydrogen) atoms. The smallest absolute Gasteiger partial charge is 0.145 e. The van der Waals surface area contributed by atoms with Gasteiger partial charge in [-0.2, -0.15) is 5.26 Å². The molecule has 0 amide bonds. The van der Waals surface area contributed by atoms with Crippen LogP contribution < -0.4 is 5.32 Å². The van der Waals surface area contributed by atoms with E-state index in [1.54, 1.807) is 12.3 Å². The summed E-state index contributed by atoms with van der Waals surface area (Å²) < 4.78 is 0. The first-order valence-electron chi connectivity index (χ1n) is 4.29. The molecule has 0 aromatic carbocycles. The van der Waals surface area contributed by atoms with Crippen LogP contribution in [0.3, 0.4) is 0 Å². The van der Waals surface area contributed by atoms with Gasteiger partial charge in [-0.25, -0.2) is 15.0 Å². The lowest BCUT2D eigenvalue weighted by Crippen LogP contribution is -1.96. The fourth-order valence-corrected chi connectivity index (χ4v) is 1.05. The van der Waals surface area contributed by atoms with Gasteiger partial charge in [-0.05, 0) is 12.1 Å². The van der Waals surface area contributed by atoms with Gasteiger partial charge < -0.3 is 5.32 Å². The second kappa shape index (κ2) is 4.15. The van der Waals surface area contributed by atoms with E-state index in [2.05, 4.69) is 20.3 Å². The molecule has 0 fully saturated rings. The highest BCUT2D eigenvalue weighted by Crippen LogP contribution is 2.10. The van der Waals surface area contributed by atoms with Crippen LogP contribution in [0.2, 0.25) is 0 Å². The third-order valence-corrected chi connectivity index (χ3v) is 1.70. The minimum absolute atomic E-state index is 0.323. The summed E-state index contributed by atoms with van der Waals surface area (Å²) >= 11 is 0. The van der Waals surface area contributed by atoms with Crippen molar-refractivity contribution >= 4 is 11.6 Å². The van der Waals surface area contributed by atoms with Gasteiger partial charge >= 0.3 is 0 Å². The van der Waals surface area contributed by atoms with Crippen LogP contribution in [0.1, 0.15) is 5.69 Å². The van der Waals surface area contributed by atoms with Crippen LogP contribution in [0.4, 0.5) is 11.6 Å². The van der Waals surface area contributed by atoms with E-state index in [1.807, 2.05) is 24.3 Å². The molecule has 0 atom stereocenters. The third-order valence-electron chi connectivity index (χ3n) is 1.70. The highest BCUT2D eigenvalue weighted by atomic mass is 15.1. The summed E-state index contributed by atoms with van der Waals surface area (Å²) in [6.07, 6.45) is 3.01. The van der Waals surface area contributed by atoms with Gasteiger partial charge in [0.05, 0.1) is 0 Å². The molecule has 5 nitrogen and oxygen atoms in total. The van der Waals surface area contributed by atoms with Crippen LogP contribution in [0.25, 0.3) is 0 Å². The third kappa shape index (κ3) is 2.25. The van der Waals surface area contributed by atoms with E-state index in [1.165, 1.54) is 6.33 Å². The number of hydrogen-bond donors (Lipinski definition) is 1. The first kappa shape index (κ1) is 9.09. The van der Waals surface area contributed by atoms with Gasteiger partial charge in [0.15, 0.2) is 0 Å². The van der Waals surface area contributed by atoms with E-state index in [0.29, 0.717) is 17.3 Å². The van der Waals surface area contributed by atoms with Gasteiger partial charge in [-0.15, -0.1) is 0 Å². The highest BCUT2D eigenvalue weighted by Gasteiger charge is 1.98. The fourth-order valence-electron chi connectivity index (χ4n) is 1.05. The topological polar surface area (TPSA) is 74.5 Å². The largest absolute Gasteiger partial charge is 0.325 e. The number of nitriles is 1. The number of rotatable bonds is 2. The van der Waals surface area contributed by atoms with Crippen molar-refractivity contribution in [3.05, 3.63) is 42.5 Å². The Hall–Kier alpha value is -2.48. The lowest BCUT2D eigenvalue weighted by atomic mass is 10.4. The second-order valence-corrected chi connectivity index (χ2v) is 2.74. The summed E-state index contributed by atoms with van der Waals surface area (Å²) in [5.74, 6) is 1.24. The Labute approximate surface area is 86.5 Å². The number of nitrogens with one attached hydrogen (secondary N) is 1. The molecular weight excluding hydrogens is 190 g/mol. The van der Waals surface area contributed by atoms with Crippen LogP contribution in [-0.4, -0.2) is 15.0 Å². The number of aromatic nitrogens is 3. The predicted molar refractivity (Wildman–Crippen MR) is 54.3 cm³/mol. The van der Waals surface area contributed by atoms with Gasteiger partial charge in [0, 0.05) is 12.3 Å². The van der Waals surface area contributed by atoms with E-state index in [4.69, 9.17) is 5.26 Å². The monoisotopic (exact) mass is 197 g/mol. The van der Waals surface area contributed by atoms with E-state index in [-0.39, 0.29) is 0 Å². The molecule has 5 heteroatoms. The molecule has 2 heterocycles. The molecule has 2 aromatic rings. The van der Waals surface area contributed by atoms with E-state index >= 15 is 0 Å². The standard InChI is InChI=1S/C10H7N5/c11-6-8-5-10(14-7-13-8)15-9-3-1-2-4-12-9/h1-5,7H,(H,12,13,14,15). The molecule has 0 unspecified atom stereocenters. The Morgan fingerprint density at radius 1 is 1.13 bits per heavy atom. The summed E-state index contributed by atoms with van der Waals surface area (Å²) in [6.45, 7) is 0. The summed E-state index contributed by atoms with van der Waals surface area (Å²) in [5, 5.41) is 11.6. The summed E-state index contributed by atoms with van der Waals surface area (Å²) in [7, 11) is 0. The van der Waals surface area contributed by atoms with Crippen molar-refractivity contribution in [2.45, 2.75) is 0 Å². The summed E-state index contributed by atoms with van der Waals surface area (Å²) in [4.78, 5) is 11.8. The van der Waals surface area contributed by atoms with Crippen LogP contribution in [0, 0.1) is 11.3 Å². The first-order chi connectivity index (χ1) is 7.38. The number of pyridine rings is 1. The molecule has 0 aliphatic carbocycles. The summed E-state index contributed by atoms with van der Waals surface area (Å²) in [5.41, 5.74) is 0.323. The molecular formula is C10H7N5. The Kier molecular flexibility index (Phi) is 2.52. The first-order valence-corrected chi connectivity index (χ1v) is 4.29. The van der Waals surface area contributed by atoms with Crippen molar-refractivity contribution in [2.75, 3.05) is 5.32 Å². The van der Waals surface area contributed by atoms with Crippen molar-refractivity contribution in [2.24, 2.45) is 0 Å². The molecule has 2 aromatic heterocycles. The average Bonchev–Trinajstić information content (AvgIpc) is 2.31. The molecule has 0 aliphatic heterocycles. The van der Waals surface area contributed by atoms with Gasteiger partial charge in [-0.3, -0.25) is 0 Å². The highest BCUT2D eigenvalue weighted by molar-refractivity contribution is 5.51. The quantitative estimate of drug-likeness (QED) is 0.789.